The number of halogens is 1. The van der Waals surface area contributed by atoms with Crippen molar-refractivity contribution in [2.24, 2.45) is 0 Å². The van der Waals surface area contributed by atoms with Crippen molar-refractivity contribution in [3.63, 3.8) is 0 Å². The second-order valence-corrected chi connectivity index (χ2v) is 5.33. The first kappa shape index (κ1) is 12.9. The standard InChI is InChI=1S/C15H10ClN3S/c1-9-3-2-4-12-14(9)18-15(20)19(12)13-7-11(16)6-5-10(13)8-17/h2-7H,1H3,(H,18,20). The number of fused-ring (bicyclic) bond motifs is 1. The van der Waals surface area contributed by atoms with Gasteiger partial charge < -0.3 is 4.98 Å². The van der Waals surface area contributed by atoms with Gasteiger partial charge in [0.25, 0.3) is 0 Å². The van der Waals surface area contributed by atoms with Crippen molar-refractivity contribution >= 4 is 34.9 Å². The van der Waals surface area contributed by atoms with Gasteiger partial charge in [-0.25, -0.2) is 0 Å². The van der Waals surface area contributed by atoms with Crippen molar-refractivity contribution in [2.75, 3.05) is 0 Å². The molecule has 1 N–H and O–H groups in total. The molecule has 0 spiro atoms. The summed E-state index contributed by atoms with van der Waals surface area (Å²) in [5.74, 6) is 0. The maximum absolute atomic E-state index is 9.28. The number of hydrogen-bond donors (Lipinski definition) is 1. The van der Waals surface area contributed by atoms with Crippen molar-refractivity contribution in [1.29, 1.82) is 5.26 Å². The molecule has 0 fully saturated rings. The van der Waals surface area contributed by atoms with Gasteiger partial charge >= 0.3 is 0 Å². The third-order valence-electron chi connectivity index (χ3n) is 3.25. The predicted molar refractivity (Wildman–Crippen MR) is 82.9 cm³/mol. The third-order valence-corrected chi connectivity index (χ3v) is 3.77. The Bertz CT molecular complexity index is 915. The molecule has 20 heavy (non-hydrogen) atoms. The van der Waals surface area contributed by atoms with Gasteiger partial charge in [-0.3, -0.25) is 4.57 Å². The molecule has 0 aliphatic heterocycles. The minimum atomic E-state index is 0.535. The number of imidazole rings is 1. The quantitative estimate of drug-likeness (QED) is 0.671. The highest BCUT2D eigenvalue weighted by atomic mass is 35.5. The molecule has 0 radical (unpaired) electrons. The Balaban J connectivity index is 2.45. The highest BCUT2D eigenvalue weighted by molar-refractivity contribution is 7.71. The summed E-state index contributed by atoms with van der Waals surface area (Å²) < 4.78 is 2.40. The van der Waals surface area contributed by atoms with Crippen LogP contribution in [0.4, 0.5) is 0 Å². The lowest BCUT2D eigenvalue weighted by Gasteiger charge is -2.07. The first-order valence-electron chi connectivity index (χ1n) is 6.02. The fourth-order valence-electron chi connectivity index (χ4n) is 2.30. The average Bonchev–Trinajstić information content (AvgIpc) is 2.76. The number of hydrogen-bond acceptors (Lipinski definition) is 2. The molecule has 1 aromatic heterocycles. The first-order chi connectivity index (χ1) is 9.61. The molecule has 0 saturated carbocycles. The number of aryl methyl sites for hydroxylation is 1. The minimum absolute atomic E-state index is 0.535. The summed E-state index contributed by atoms with van der Waals surface area (Å²) in [5.41, 5.74) is 4.25. The van der Waals surface area contributed by atoms with Crippen molar-refractivity contribution in [3.8, 4) is 11.8 Å². The largest absolute Gasteiger partial charge is 0.330 e. The highest BCUT2D eigenvalue weighted by Gasteiger charge is 2.12. The molecule has 3 rings (SSSR count). The number of aromatic nitrogens is 2. The van der Waals surface area contributed by atoms with Crippen LogP contribution < -0.4 is 0 Å². The fraction of sp³-hybridized carbons (Fsp3) is 0.0667. The lowest BCUT2D eigenvalue weighted by molar-refractivity contribution is 1.06. The van der Waals surface area contributed by atoms with Crippen LogP contribution >= 0.6 is 23.8 Å². The van der Waals surface area contributed by atoms with Crippen molar-refractivity contribution in [3.05, 3.63) is 57.3 Å². The van der Waals surface area contributed by atoms with E-state index in [4.69, 9.17) is 23.8 Å². The van der Waals surface area contributed by atoms with Gasteiger partial charge in [0.05, 0.1) is 22.3 Å². The highest BCUT2D eigenvalue weighted by Crippen LogP contribution is 2.26. The van der Waals surface area contributed by atoms with Gasteiger partial charge in [-0.05, 0) is 49.0 Å². The molecule has 0 bridgehead atoms. The van der Waals surface area contributed by atoms with Gasteiger partial charge in [0.15, 0.2) is 4.77 Å². The van der Waals surface area contributed by atoms with Crippen LogP contribution in [0, 0.1) is 23.0 Å². The Morgan fingerprint density at radius 1 is 1.30 bits per heavy atom. The van der Waals surface area contributed by atoms with Crippen LogP contribution in [-0.2, 0) is 0 Å². The van der Waals surface area contributed by atoms with Gasteiger partial charge in [0.1, 0.15) is 6.07 Å². The summed E-state index contributed by atoms with van der Waals surface area (Å²) in [6, 6.07) is 13.3. The molecule has 0 aliphatic carbocycles. The van der Waals surface area contributed by atoms with Crippen LogP contribution in [0.5, 0.6) is 0 Å². The third kappa shape index (κ3) is 1.92. The zero-order valence-corrected chi connectivity index (χ0v) is 12.2. The Morgan fingerprint density at radius 3 is 2.85 bits per heavy atom. The Hall–Kier alpha value is -2.09. The van der Waals surface area contributed by atoms with E-state index in [9.17, 15) is 5.26 Å². The van der Waals surface area contributed by atoms with Crippen LogP contribution in [0.25, 0.3) is 16.7 Å². The van der Waals surface area contributed by atoms with Gasteiger partial charge in [-0.15, -0.1) is 0 Å². The van der Waals surface area contributed by atoms with E-state index in [0.29, 0.717) is 21.0 Å². The van der Waals surface area contributed by atoms with E-state index in [1.807, 2.05) is 29.7 Å². The van der Waals surface area contributed by atoms with Gasteiger partial charge in [0.2, 0.25) is 0 Å². The molecule has 3 nitrogen and oxygen atoms in total. The molecule has 0 atom stereocenters. The van der Waals surface area contributed by atoms with Crippen molar-refractivity contribution in [2.45, 2.75) is 6.92 Å². The normalized spacial score (nSPS) is 10.7. The van der Waals surface area contributed by atoms with E-state index in [-0.39, 0.29) is 0 Å². The van der Waals surface area contributed by atoms with Crippen molar-refractivity contribution < 1.29 is 0 Å². The lowest BCUT2D eigenvalue weighted by Crippen LogP contribution is -1.97. The number of nitrogens with zero attached hydrogens (tertiary/aromatic N) is 2. The fourth-order valence-corrected chi connectivity index (χ4v) is 2.76. The number of benzene rings is 2. The van der Waals surface area contributed by atoms with Gasteiger partial charge in [-0.2, -0.15) is 5.26 Å². The van der Waals surface area contributed by atoms with Crippen LogP contribution in [0.1, 0.15) is 11.1 Å². The molecule has 0 unspecified atom stereocenters. The molecular formula is C15H10ClN3S. The number of nitrogens with one attached hydrogen (secondary N) is 1. The SMILES string of the molecule is Cc1cccc2c1[nH]c(=S)n2-c1cc(Cl)ccc1C#N. The summed E-state index contributed by atoms with van der Waals surface area (Å²) in [6.45, 7) is 2.02. The van der Waals surface area contributed by atoms with E-state index in [0.717, 1.165) is 16.6 Å². The number of nitriles is 1. The molecule has 0 amide bonds. The Morgan fingerprint density at radius 2 is 2.10 bits per heavy atom. The smallest absolute Gasteiger partial charge is 0.182 e. The van der Waals surface area contributed by atoms with Crippen LogP contribution in [0.15, 0.2) is 36.4 Å². The maximum atomic E-state index is 9.28. The average molecular weight is 300 g/mol. The first-order valence-corrected chi connectivity index (χ1v) is 6.81. The van der Waals surface area contributed by atoms with E-state index in [1.165, 1.54) is 0 Å². The molecule has 1 heterocycles. The summed E-state index contributed by atoms with van der Waals surface area (Å²) >= 11 is 11.5. The number of para-hydroxylation sites is 1. The van der Waals surface area contributed by atoms with Gasteiger partial charge in [0, 0.05) is 5.02 Å². The molecule has 0 saturated heterocycles. The zero-order chi connectivity index (χ0) is 14.3. The summed E-state index contributed by atoms with van der Waals surface area (Å²) in [4.78, 5) is 3.19. The molecule has 2 aromatic carbocycles. The number of rotatable bonds is 1. The second kappa shape index (κ2) is 4.78. The second-order valence-electron chi connectivity index (χ2n) is 4.51. The predicted octanol–water partition coefficient (Wildman–Crippen LogP) is 4.52. The van der Waals surface area contributed by atoms with E-state index in [1.54, 1.807) is 18.2 Å². The summed E-state index contributed by atoms with van der Waals surface area (Å²) in [5, 5.41) is 9.85. The monoisotopic (exact) mass is 299 g/mol. The molecule has 98 valence electrons. The minimum Gasteiger partial charge on any atom is -0.330 e. The zero-order valence-electron chi connectivity index (χ0n) is 10.6. The van der Waals surface area contributed by atoms with E-state index in [2.05, 4.69) is 11.1 Å². The molecule has 3 aromatic rings. The van der Waals surface area contributed by atoms with Crippen LogP contribution in [-0.4, -0.2) is 9.55 Å². The lowest BCUT2D eigenvalue weighted by atomic mass is 10.1. The van der Waals surface area contributed by atoms with Crippen LogP contribution in [0.3, 0.4) is 0 Å². The maximum Gasteiger partial charge on any atom is 0.182 e. The van der Waals surface area contributed by atoms with Crippen LogP contribution in [0.2, 0.25) is 5.02 Å². The number of H-pyrrole nitrogens is 1. The summed E-state index contributed by atoms with van der Waals surface area (Å²) in [7, 11) is 0. The Kier molecular flexibility index (Phi) is 3.09. The Labute approximate surface area is 126 Å². The molecule has 5 heteroatoms. The van der Waals surface area contributed by atoms with E-state index >= 15 is 0 Å². The molecular weight excluding hydrogens is 290 g/mol. The number of aromatic amines is 1. The molecule has 0 aliphatic rings. The van der Waals surface area contributed by atoms with E-state index < -0.39 is 0 Å². The summed E-state index contributed by atoms with van der Waals surface area (Å²) in [6.07, 6.45) is 0. The van der Waals surface area contributed by atoms with Crippen molar-refractivity contribution in [1.82, 2.24) is 9.55 Å². The van der Waals surface area contributed by atoms with Gasteiger partial charge in [-0.1, -0.05) is 23.7 Å². The topological polar surface area (TPSA) is 44.5 Å².